The van der Waals surface area contributed by atoms with E-state index in [-0.39, 0.29) is 18.3 Å². The number of thioether (sulfide) groups is 1. The molecule has 14 heavy (non-hydrogen) atoms. The molecule has 0 saturated heterocycles. The van der Waals surface area contributed by atoms with E-state index in [0.717, 1.165) is 0 Å². The summed E-state index contributed by atoms with van der Waals surface area (Å²) in [6.45, 7) is 2.98. The van der Waals surface area contributed by atoms with Gasteiger partial charge in [-0.25, -0.2) is 0 Å². The molecule has 0 bridgehead atoms. The first-order valence-corrected chi connectivity index (χ1v) is 5.88. The van der Waals surface area contributed by atoms with Crippen LogP contribution in [-0.4, -0.2) is 49.0 Å². The highest BCUT2D eigenvalue weighted by Gasteiger charge is 2.12. The number of esters is 1. The van der Waals surface area contributed by atoms with Gasteiger partial charge in [0, 0.05) is 13.1 Å². The number of hydrogen-bond donors (Lipinski definition) is 0. The Balaban J connectivity index is 3.90. The van der Waals surface area contributed by atoms with Gasteiger partial charge in [0.1, 0.15) is 0 Å². The molecule has 1 amide bonds. The van der Waals surface area contributed by atoms with E-state index in [0.29, 0.717) is 18.8 Å². The lowest BCUT2D eigenvalue weighted by atomic mass is 10.3. The molecular weight excluding hydrogens is 202 g/mol. The number of nitrogens with zero attached hydrogens (tertiary/aromatic N) is 1. The van der Waals surface area contributed by atoms with Crippen molar-refractivity contribution in [2.75, 3.05) is 32.2 Å². The maximum atomic E-state index is 11.4. The monoisotopic (exact) mass is 219 g/mol. The Bertz CT molecular complexity index is 196. The normalized spacial score (nSPS) is 9.64. The van der Waals surface area contributed by atoms with Crippen LogP contribution in [0.5, 0.6) is 0 Å². The van der Waals surface area contributed by atoms with Crippen molar-refractivity contribution < 1.29 is 14.3 Å². The molecule has 0 spiro atoms. The molecule has 0 rings (SSSR count). The van der Waals surface area contributed by atoms with Crippen LogP contribution in [0.25, 0.3) is 0 Å². The molecule has 0 aliphatic carbocycles. The van der Waals surface area contributed by atoms with E-state index in [4.69, 9.17) is 0 Å². The number of carbonyl (C=O) groups is 2. The fraction of sp³-hybridized carbons (Fsp3) is 0.778. The van der Waals surface area contributed by atoms with Crippen molar-refractivity contribution in [3.05, 3.63) is 0 Å². The summed E-state index contributed by atoms with van der Waals surface area (Å²) in [5, 5.41) is 0. The first-order chi connectivity index (χ1) is 6.65. The summed E-state index contributed by atoms with van der Waals surface area (Å²) in [5.74, 6) is 0.263. The van der Waals surface area contributed by atoms with E-state index < -0.39 is 0 Å². The molecule has 0 radical (unpaired) electrons. The molecule has 0 aliphatic rings. The van der Waals surface area contributed by atoms with Crippen molar-refractivity contribution in [2.45, 2.75) is 13.3 Å². The SMILES string of the molecule is CCN(CCC(=O)OC)C(=O)CSC. The quantitative estimate of drug-likeness (QED) is 0.619. The van der Waals surface area contributed by atoms with Crippen LogP contribution in [-0.2, 0) is 14.3 Å². The zero-order chi connectivity index (χ0) is 11.0. The summed E-state index contributed by atoms with van der Waals surface area (Å²) >= 11 is 1.49. The van der Waals surface area contributed by atoms with Gasteiger partial charge in [-0.3, -0.25) is 9.59 Å². The van der Waals surface area contributed by atoms with Crippen molar-refractivity contribution in [3.63, 3.8) is 0 Å². The van der Waals surface area contributed by atoms with Gasteiger partial charge >= 0.3 is 5.97 Å². The average molecular weight is 219 g/mol. The largest absolute Gasteiger partial charge is 0.469 e. The van der Waals surface area contributed by atoms with E-state index >= 15 is 0 Å². The molecule has 0 atom stereocenters. The molecule has 0 aromatic heterocycles. The summed E-state index contributed by atoms with van der Waals surface area (Å²) in [5.41, 5.74) is 0. The molecule has 0 aliphatic heterocycles. The van der Waals surface area contributed by atoms with Crippen molar-refractivity contribution in [1.29, 1.82) is 0 Å². The van der Waals surface area contributed by atoms with E-state index in [1.165, 1.54) is 18.9 Å². The Hall–Kier alpha value is -0.710. The van der Waals surface area contributed by atoms with Crippen LogP contribution >= 0.6 is 11.8 Å². The zero-order valence-electron chi connectivity index (χ0n) is 8.91. The van der Waals surface area contributed by atoms with Gasteiger partial charge in [-0.2, -0.15) is 11.8 Å². The lowest BCUT2D eigenvalue weighted by Gasteiger charge is -2.19. The smallest absolute Gasteiger partial charge is 0.307 e. The summed E-state index contributed by atoms with van der Waals surface area (Å²) < 4.78 is 4.50. The molecule has 0 unspecified atom stereocenters. The van der Waals surface area contributed by atoms with Gasteiger partial charge in [0.25, 0.3) is 0 Å². The Morgan fingerprint density at radius 2 is 2.07 bits per heavy atom. The Morgan fingerprint density at radius 3 is 2.50 bits per heavy atom. The van der Waals surface area contributed by atoms with Gasteiger partial charge in [0.15, 0.2) is 0 Å². The molecule has 0 saturated carbocycles. The van der Waals surface area contributed by atoms with E-state index in [1.807, 2.05) is 13.2 Å². The van der Waals surface area contributed by atoms with Gasteiger partial charge in [-0.1, -0.05) is 0 Å². The minimum Gasteiger partial charge on any atom is -0.469 e. The predicted octanol–water partition coefficient (Wildman–Crippen LogP) is 0.761. The summed E-state index contributed by atoms with van der Waals surface area (Å²) in [4.78, 5) is 23.9. The van der Waals surface area contributed by atoms with Crippen LogP contribution in [0.15, 0.2) is 0 Å². The maximum absolute atomic E-state index is 11.4. The summed E-state index contributed by atoms with van der Waals surface area (Å²) in [6, 6.07) is 0. The van der Waals surface area contributed by atoms with Crippen molar-refractivity contribution in [1.82, 2.24) is 4.90 Å². The van der Waals surface area contributed by atoms with E-state index in [1.54, 1.807) is 4.90 Å². The standard InChI is InChI=1S/C9H17NO3S/c1-4-10(8(11)7-14-3)6-5-9(12)13-2/h4-7H2,1-3H3. The molecule has 0 fully saturated rings. The lowest BCUT2D eigenvalue weighted by Crippen LogP contribution is -2.34. The fourth-order valence-electron chi connectivity index (χ4n) is 1.00. The molecule has 5 heteroatoms. The number of amides is 1. The van der Waals surface area contributed by atoms with Crippen LogP contribution in [0.3, 0.4) is 0 Å². The van der Waals surface area contributed by atoms with Gasteiger partial charge < -0.3 is 9.64 Å². The molecule has 82 valence electrons. The van der Waals surface area contributed by atoms with Crippen LogP contribution in [0.4, 0.5) is 0 Å². The predicted molar refractivity (Wildman–Crippen MR) is 57.3 cm³/mol. The van der Waals surface area contributed by atoms with Gasteiger partial charge in [-0.15, -0.1) is 0 Å². The Labute approximate surface area is 89.0 Å². The number of rotatable bonds is 6. The third-order valence-corrected chi connectivity index (χ3v) is 2.35. The van der Waals surface area contributed by atoms with Crippen LogP contribution < -0.4 is 0 Å². The average Bonchev–Trinajstić information content (AvgIpc) is 2.18. The zero-order valence-corrected chi connectivity index (χ0v) is 9.73. The molecule has 0 aromatic rings. The third-order valence-electron chi connectivity index (χ3n) is 1.82. The number of methoxy groups -OCH3 is 1. The van der Waals surface area contributed by atoms with Crippen molar-refractivity contribution in [3.8, 4) is 0 Å². The minimum atomic E-state index is -0.277. The number of hydrogen-bond acceptors (Lipinski definition) is 4. The van der Waals surface area contributed by atoms with Crippen LogP contribution in [0.1, 0.15) is 13.3 Å². The van der Waals surface area contributed by atoms with Crippen molar-refractivity contribution in [2.24, 2.45) is 0 Å². The molecule has 0 aromatic carbocycles. The summed E-state index contributed by atoms with van der Waals surface area (Å²) in [7, 11) is 1.35. The Morgan fingerprint density at radius 1 is 1.43 bits per heavy atom. The van der Waals surface area contributed by atoms with Gasteiger partial charge in [0.2, 0.25) is 5.91 Å². The van der Waals surface area contributed by atoms with Gasteiger partial charge in [-0.05, 0) is 13.2 Å². The van der Waals surface area contributed by atoms with Crippen LogP contribution in [0, 0.1) is 0 Å². The molecule has 0 heterocycles. The number of carbonyl (C=O) groups excluding carboxylic acids is 2. The molecule has 4 nitrogen and oxygen atoms in total. The second kappa shape index (κ2) is 7.67. The second-order valence-corrected chi connectivity index (χ2v) is 3.60. The highest BCUT2D eigenvalue weighted by Crippen LogP contribution is 1.99. The fourth-order valence-corrected chi connectivity index (χ4v) is 1.43. The second-order valence-electron chi connectivity index (χ2n) is 2.73. The van der Waals surface area contributed by atoms with Crippen LogP contribution in [0.2, 0.25) is 0 Å². The molecular formula is C9H17NO3S. The first-order valence-electron chi connectivity index (χ1n) is 4.49. The minimum absolute atomic E-state index is 0.0731. The highest BCUT2D eigenvalue weighted by atomic mass is 32.2. The molecule has 0 N–H and O–H groups in total. The maximum Gasteiger partial charge on any atom is 0.307 e. The topological polar surface area (TPSA) is 46.6 Å². The first kappa shape index (κ1) is 13.3. The van der Waals surface area contributed by atoms with Crippen molar-refractivity contribution >= 4 is 23.6 Å². The Kier molecular flexibility index (Phi) is 7.28. The lowest BCUT2D eigenvalue weighted by molar-refractivity contribution is -0.141. The highest BCUT2D eigenvalue weighted by molar-refractivity contribution is 7.99. The third kappa shape index (κ3) is 5.11. The van der Waals surface area contributed by atoms with Gasteiger partial charge in [0.05, 0.1) is 19.3 Å². The van der Waals surface area contributed by atoms with E-state index in [9.17, 15) is 9.59 Å². The van der Waals surface area contributed by atoms with E-state index in [2.05, 4.69) is 4.74 Å². The number of ether oxygens (including phenoxy) is 1. The summed E-state index contributed by atoms with van der Waals surface area (Å²) in [6.07, 6.45) is 2.15.